The van der Waals surface area contributed by atoms with E-state index < -0.39 is 5.60 Å². The standard InChI is InChI=1S/C10H17NO2/c1-9(2)6-4-7(9)10(3,12)8(5-6)11-13/h6-7,12-13H,4-5H2,1-3H3/b11-8-/t6-,7+,10+/m1/s1. The molecule has 3 heteroatoms. The number of oxime groups is 1. The van der Waals surface area contributed by atoms with Gasteiger partial charge in [-0.1, -0.05) is 19.0 Å². The van der Waals surface area contributed by atoms with E-state index >= 15 is 0 Å². The van der Waals surface area contributed by atoms with Crippen LogP contribution in [0.25, 0.3) is 0 Å². The summed E-state index contributed by atoms with van der Waals surface area (Å²) in [6.45, 7) is 6.15. The van der Waals surface area contributed by atoms with Crippen LogP contribution in [-0.4, -0.2) is 21.6 Å². The highest BCUT2D eigenvalue weighted by molar-refractivity contribution is 5.94. The van der Waals surface area contributed by atoms with Crippen molar-refractivity contribution in [2.45, 2.75) is 39.2 Å². The van der Waals surface area contributed by atoms with Crippen molar-refractivity contribution in [1.82, 2.24) is 0 Å². The molecule has 0 saturated heterocycles. The van der Waals surface area contributed by atoms with Crippen molar-refractivity contribution in [3.8, 4) is 0 Å². The van der Waals surface area contributed by atoms with E-state index in [0.29, 0.717) is 11.6 Å². The molecule has 0 radical (unpaired) electrons. The molecule has 3 atom stereocenters. The maximum Gasteiger partial charge on any atom is 0.106 e. The Balaban J connectivity index is 2.34. The van der Waals surface area contributed by atoms with Crippen molar-refractivity contribution in [1.29, 1.82) is 0 Å². The summed E-state index contributed by atoms with van der Waals surface area (Å²) in [6, 6.07) is 0. The summed E-state index contributed by atoms with van der Waals surface area (Å²) in [5.41, 5.74) is -0.127. The maximum absolute atomic E-state index is 10.2. The van der Waals surface area contributed by atoms with E-state index in [1.807, 2.05) is 0 Å². The summed E-state index contributed by atoms with van der Waals surface area (Å²) in [4.78, 5) is 0. The van der Waals surface area contributed by atoms with Gasteiger partial charge in [-0.2, -0.15) is 0 Å². The lowest BCUT2D eigenvalue weighted by Gasteiger charge is -2.62. The first kappa shape index (κ1) is 9.00. The predicted octanol–water partition coefficient (Wildman–Crippen LogP) is 1.63. The largest absolute Gasteiger partial charge is 0.411 e. The highest BCUT2D eigenvalue weighted by Gasteiger charge is 2.61. The summed E-state index contributed by atoms with van der Waals surface area (Å²) in [6.07, 6.45) is 1.81. The molecule has 2 N–H and O–H groups in total. The monoisotopic (exact) mass is 183 g/mol. The Morgan fingerprint density at radius 2 is 2.00 bits per heavy atom. The van der Waals surface area contributed by atoms with E-state index in [4.69, 9.17) is 5.21 Å². The Morgan fingerprint density at radius 1 is 1.38 bits per heavy atom. The van der Waals surface area contributed by atoms with Crippen LogP contribution >= 0.6 is 0 Å². The molecular formula is C10H17NO2. The second-order valence-electron chi connectivity index (χ2n) is 5.20. The first-order valence-electron chi connectivity index (χ1n) is 4.84. The van der Waals surface area contributed by atoms with Gasteiger partial charge in [0.1, 0.15) is 5.60 Å². The first-order chi connectivity index (χ1) is 5.90. The second-order valence-corrected chi connectivity index (χ2v) is 5.20. The molecule has 3 rings (SSSR count). The molecule has 0 aliphatic heterocycles. The highest BCUT2D eigenvalue weighted by Crippen LogP contribution is 2.61. The molecule has 3 saturated carbocycles. The molecule has 3 nitrogen and oxygen atoms in total. The van der Waals surface area contributed by atoms with Gasteiger partial charge in [0.05, 0.1) is 5.71 Å². The zero-order chi connectivity index (χ0) is 9.85. The van der Waals surface area contributed by atoms with E-state index in [1.54, 1.807) is 6.92 Å². The van der Waals surface area contributed by atoms with Gasteiger partial charge in [-0.05, 0) is 37.0 Å². The second kappa shape index (κ2) is 2.27. The van der Waals surface area contributed by atoms with Crippen LogP contribution in [0.1, 0.15) is 33.6 Å². The Labute approximate surface area is 78.4 Å². The molecule has 0 unspecified atom stereocenters. The topological polar surface area (TPSA) is 52.8 Å². The minimum absolute atomic E-state index is 0.206. The molecule has 3 fully saturated rings. The van der Waals surface area contributed by atoms with Crippen molar-refractivity contribution in [2.24, 2.45) is 22.4 Å². The van der Waals surface area contributed by atoms with Crippen LogP contribution in [0.3, 0.4) is 0 Å². The minimum Gasteiger partial charge on any atom is -0.411 e. The molecule has 0 aromatic heterocycles. The van der Waals surface area contributed by atoms with Gasteiger partial charge >= 0.3 is 0 Å². The molecule has 13 heavy (non-hydrogen) atoms. The number of aliphatic hydroxyl groups is 1. The number of fused-ring (bicyclic) bond motifs is 2. The third-order valence-electron chi connectivity index (χ3n) is 4.29. The summed E-state index contributed by atoms with van der Waals surface area (Å²) in [7, 11) is 0. The average Bonchev–Trinajstić information content (AvgIpc) is 2.01. The van der Waals surface area contributed by atoms with Crippen molar-refractivity contribution in [2.75, 3.05) is 0 Å². The van der Waals surface area contributed by atoms with Gasteiger partial charge < -0.3 is 10.3 Å². The predicted molar refractivity (Wildman–Crippen MR) is 49.8 cm³/mol. The molecule has 2 bridgehead atoms. The molecule has 0 heterocycles. The quantitative estimate of drug-likeness (QED) is 0.443. The fraction of sp³-hybridized carbons (Fsp3) is 0.900. The average molecular weight is 183 g/mol. The molecule has 3 aliphatic rings. The van der Waals surface area contributed by atoms with Crippen LogP contribution in [0, 0.1) is 17.3 Å². The summed E-state index contributed by atoms with van der Waals surface area (Å²) in [5, 5.41) is 22.2. The molecule has 74 valence electrons. The van der Waals surface area contributed by atoms with Crippen LogP contribution in [0.5, 0.6) is 0 Å². The van der Waals surface area contributed by atoms with Crippen molar-refractivity contribution in [3.63, 3.8) is 0 Å². The number of rotatable bonds is 0. The van der Waals surface area contributed by atoms with E-state index in [-0.39, 0.29) is 11.3 Å². The van der Waals surface area contributed by atoms with Gasteiger partial charge in [-0.15, -0.1) is 0 Å². The van der Waals surface area contributed by atoms with Crippen LogP contribution in [-0.2, 0) is 0 Å². The first-order valence-corrected chi connectivity index (χ1v) is 4.84. The normalized spacial score (nSPS) is 50.3. The Bertz CT molecular complexity index is 268. The Kier molecular flexibility index (Phi) is 1.57. The fourth-order valence-corrected chi connectivity index (χ4v) is 3.10. The van der Waals surface area contributed by atoms with Gasteiger partial charge in [0.25, 0.3) is 0 Å². The maximum atomic E-state index is 10.2. The SMILES string of the molecule is CC1(C)[C@H]2C/C(=N/O)[C@@](C)(O)[C@H]1C2. The van der Waals surface area contributed by atoms with E-state index in [9.17, 15) is 5.11 Å². The summed E-state index contributed by atoms with van der Waals surface area (Å²) in [5.74, 6) is 0.841. The number of hydrogen-bond acceptors (Lipinski definition) is 3. The van der Waals surface area contributed by atoms with Gasteiger partial charge in [0.15, 0.2) is 0 Å². The zero-order valence-electron chi connectivity index (χ0n) is 8.41. The molecule has 0 aromatic rings. The van der Waals surface area contributed by atoms with E-state index in [1.165, 1.54) is 0 Å². The minimum atomic E-state index is -0.896. The van der Waals surface area contributed by atoms with Crippen molar-refractivity contribution in [3.05, 3.63) is 0 Å². The lowest BCUT2D eigenvalue weighted by Crippen LogP contribution is -2.64. The third kappa shape index (κ3) is 0.909. The van der Waals surface area contributed by atoms with Gasteiger partial charge in [-0.3, -0.25) is 0 Å². The smallest absolute Gasteiger partial charge is 0.106 e. The highest BCUT2D eigenvalue weighted by atomic mass is 16.4. The molecule has 3 aliphatic carbocycles. The lowest BCUT2D eigenvalue weighted by atomic mass is 9.44. The van der Waals surface area contributed by atoms with Gasteiger partial charge in [0, 0.05) is 0 Å². The molecule has 0 aromatic carbocycles. The van der Waals surface area contributed by atoms with Crippen molar-refractivity contribution >= 4 is 5.71 Å². The van der Waals surface area contributed by atoms with Gasteiger partial charge in [0.2, 0.25) is 0 Å². The van der Waals surface area contributed by atoms with Crippen molar-refractivity contribution < 1.29 is 10.3 Å². The van der Waals surface area contributed by atoms with Crippen LogP contribution in [0.4, 0.5) is 0 Å². The molecule has 0 amide bonds. The fourth-order valence-electron chi connectivity index (χ4n) is 3.10. The van der Waals surface area contributed by atoms with Crippen LogP contribution in [0.2, 0.25) is 0 Å². The van der Waals surface area contributed by atoms with Crippen LogP contribution < -0.4 is 0 Å². The van der Waals surface area contributed by atoms with Crippen LogP contribution in [0.15, 0.2) is 5.16 Å². The number of hydrogen-bond donors (Lipinski definition) is 2. The lowest BCUT2D eigenvalue weighted by molar-refractivity contribution is -0.135. The zero-order valence-corrected chi connectivity index (χ0v) is 8.41. The third-order valence-corrected chi connectivity index (χ3v) is 4.29. The Hall–Kier alpha value is -0.570. The van der Waals surface area contributed by atoms with E-state index in [0.717, 1.165) is 12.8 Å². The summed E-state index contributed by atoms with van der Waals surface area (Å²) >= 11 is 0. The van der Waals surface area contributed by atoms with E-state index in [2.05, 4.69) is 19.0 Å². The van der Waals surface area contributed by atoms with Gasteiger partial charge in [-0.25, -0.2) is 0 Å². The molecule has 0 spiro atoms. The Morgan fingerprint density at radius 3 is 2.38 bits per heavy atom. The molecular weight excluding hydrogens is 166 g/mol. The summed E-state index contributed by atoms with van der Waals surface area (Å²) < 4.78 is 0. The number of nitrogens with zero attached hydrogens (tertiary/aromatic N) is 1.